The van der Waals surface area contributed by atoms with Gasteiger partial charge in [-0.1, -0.05) is 43.3 Å². The summed E-state index contributed by atoms with van der Waals surface area (Å²) >= 11 is 0. The van der Waals surface area contributed by atoms with Crippen LogP contribution < -0.4 is 9.64 Å². The zero-order valence-electron chi connectivity index (χ0n) is 18.9. The number of carbonyl (C=O) groups excluding carboxylic acids is 2. The third kappa shape index (κ3) is 4.03. The Kier molecular flexibility index (Phi) is 5.78. The van der Waals surface area contributed by atoms with Crippen molar-refractivity contribution in [2.45, 2.75) is 19.4 Å². The van der Waals surface area contributed by atoms with Crippen molar-refractivity contribution in [3.8, 4) is 5.75 Å². The number of para-hydroxylation sites is 2. The Hall–Kier alpha value is -4.46. The highest BCUT2D eigenvalue weighted by Gasteiger charge is 2.48. The van der Waals surface area contributed by atoms with Gasteiger partial charge < -0.3 is 14.8 Å². The van der Waals surface area contributed by atoms with Gasteiger partial charge in [-0.15, -0.1) is 0 Å². The van der Waals surface area contributed by atoms with E-state index in [9.17, 15) is 19.1 Å². The molecule has 35 heavy (non-hydrogen) atoms. The summed E-state index contributed by atoms with van der Waals surface area (Å²) in [5, 5.41) is 11.3. The average molecular weight is 471 g/mol. The molecular formula is C27H22FN3O4. The number of rotatable bonds is 6. The highest BCUT2D eigenvalue weighted by molar-refractivity contribution is 6.51. The van der Waals surface area contributed by atoms with Gasteiger partial charge in [0.05, 0.1) is 29.3 Å². The number of imidazole rings is 1. The average Bonchev–Trinajstić information content (AvgIpc) is 3.41. The quantitative estimate of drug-likeness (QED) is 0.231. The zero-order chi connectivity index (χ0) is 24.5. The van der Waals surface area contributed by atoms with Crippen LogP contribution >= 0.6 is 0 Å². The van der Waals surface area contributed by atoms with Crippen molar-refractivity contribution >= 4 is 34.4 Å². The molecule has 1 aliphatic rings. The molecule has 0 spiro atoms. The first-order valence-electron chi connectivity index (χ1n) is 11.2. The maximum Gasteiger partial charge on any atom is 0.302 e. The van der Waals surface area contributed by atoms with Gasteiger partial charge in [-0.2, -0.15) is 0 Å². The molecule has 2 heterocycles. The van der Waals surface area contributed by atoms with Crippen LogP contribution in [0.1, 0.15) is 30.5 Å². The summed E-state index contributed by atoms with van der Waals surface area (Å²) in [6.07, 6.45) is 0.809. The number of nitrogens with zero attached hydrogens (tertiary/aromatic N) is 2. The van der Waals surface area contributed by atoms with E-state index in [1.165, 1.54) is 29.2 Å². The minimum absolute atomic E-state index is 0.116. The highest BCUT2D eigenvalue weighted by atomic mass is 19.1. The third-order valence-corrected chi connectivity index (χ3v) is 5.82. The molecular weight excluding hydrogens is 449 g/mol. The molecule has 8 heteroatoms. The lowest BCUT2D eigenvalue weighted by atomic mass is 9.95. The number of halogens is 1. The Morgan fingerprint density at radius 1 is 1.09 bits per heavy atom. The zero-order valence-corrected chi connectivity index (χ0v) is 18.9. The number of H-pyrrole nitrogens is 1. The lowest BCUT2D eigenvalue weighted by Gasteiger charge is -2.23. The van der Waals surface area contributed by atoms with Gasteiger partial charge in [0.1, 0.15) is 17.3 Å². The second-order valence-electron chi connectivity index (χ2n) is 8.17. The van der Waals surface area contributed by atoms with Gasteiger partial charge in [0.2, 0.25) is 5.95 Å². The van der Waals surface area contributed by atoms with Crippen LogP contribution in [0.2, 0.25) is 0 Å². The fourth-order valence-corrected chi connectivity index (χ4v) is 4.17. The topological polar surface area (TPSA) is 95.5 Å². The number of ketones is 1. The maximum absolute atomic E-state index is 13.7. The van der Waals surface area contributed by atoms with E-state index in [4.69, 9.17) is 4.74 Å². The predicted molar refractivity (Wildman–Crippen MR) is 130 cm³/mol. The van der Waals surface area contributed by atoms with Crippen LogP contribution in [0.25, 0.3) is 16.8 Å². The standard InChI is InChI=1S/C27H22FN3O4/c1-2-14-35-19-7-5-6-17(15-19)24(32)22-23(16-10-12-18(28)13-11-16)31(26(34)25(22)33)27-29-20-8-3-4-9-21(20)30-27/h3-13,15,23,32H,2,14H2,1H3,(H,29,30)/b24-22+. The molecule has 1 amide bonds. The Labute approximate surface area is 200 Å². The normalized spacial score (nSPS) is 17.3. The van der Waals surface area contributed by atoms with Crippen molar-refractivity contribution < 1.29 is 23.8 Å². The summed E-state index contributed by atoms with van der Waals surface area (Å²) in [5.41, 5.74) is 1.96. The summed E-state index contributed by atoms with van der Waals surface area (Å²) in [6, 6.07) is 18.3. The summed E-state index contributed by atoms with van der Waals surface area (Å²) < 4.78 is 19.4. The van der Waals surface area contributed by atoms with Crippen molar-refractivity contribution in [3.63, 3.8) is 0 Å². The molecule has 1 aliphatic heterocycles. The second-order valence-corrected chi connectivity index (χ2v) is 8.17. The van der Waals surface area contributed by atoms with E-state index < -0.39 is 23.5 Å². The molecule has 4 aromatic rings. The molecule has 1 saturated heterocycles. The number of benzene rings is 3. The van der Waals surface area contributed by atoms with Crippen LogP contribution in [0.4, 0.5) is 10.3 Å². The molecule has 0 bridgehead atoms. The molecule has 1 unspecified atom stereocenters. The fourth-order valence-electron chi connectivity index (χ4n) is 4.17. The van der Waals surface area contributed by atoms with Crippen molar-refractivity contribution in [2.75, 3.05) is 11.5 Å². The molecule has 0 aliphatic carbocycles. The number of aliphatic hydroxyl groups is 1. The Morgan fingerprint density at radius 3 is 2.60 bits per heavy atom. The molecule has 0 radical (unpaired) electrons. The van der Waals surface area contributed by atoms with Crippen LogP contribution in [0, 0.1) is 5.82 Å². The number of ether oxygens (including phenoxy) is 1. The first-order valence-corrected chi connectivity index (χ1v) is 11.2. The van der Waals surface area contributed by atoms with Gasteiger partial charge in [-0.25, -0.2) is 9.37 Å². The number of amides is 1. The van der Waals surface area contributed by atoms with Crippen LogP contribution in [-0.2, 0) is 9.59 Å². The highest BCUT2D eigenvalue weighted by Crippen LogP contribution is 2.42. The molecule has 5 rings (SSSR count). The molecule has 1 fully saturated rings. The van der Waals surface area contributed by atoms with E-state index in [0.29, 0.717) is 34.5 Å². The van der Waals surface area contributed by atoms with Gasteiger partial charge >= 0.3 is 5.91 Å². The lowest BCUT2D eigenvalue weighted by Crippen LogP contribution is -2.30. The third-order valence-electron chi connectivity index (χ3n) is 5.82. The first kappa shape index (κ1) is 22.3. The minimum Gasteiger partial charge on any atom is -0.507 e. The van der Waals surface area contributed by atoms with E-state index in [-0.39, 0.29) is 17.3 Å². The molecule has 176 valence electrons. The lowest BCUT2D eigenvalue weighted by molar-refractivity contribution is -0.132. The Bertz CT molecular complexity index is 1430. The van der Waals surface area contributed by atoms with Crippen LogP contribution in [-0.4, -0.2) is 33.4 Å². The van der Waals surface area contributed by atoms with E-state index in [1.54, 1.807) is 36.4 Å². The van der Waals surface area contributed by atoms with Gasteiger partial charge in [0, 0.05) is 5.56 Å². The minimum atomic E-state index is -1.02. The maximum atomic E-state index is 13.7. The summed E-state index contributed by atoms with van der Waals surface area (Å²) in [4.78, 5) is 35.3. The van der Waals surface area contributed by atoms with Gasteiger partial charge in [-0.3, -0.25) is 14.5 Å². The Balaban J connectivity index is 1.68. The number of Topliss-reactive ketones (excluding diaryl/α,β-unsaturated/α-hetero) is 1. The van der Waals surface area contributed by atoms with Crippen LogP contribution in [0.15, 0.2) is 78.4 Å². The molecule has 0 saturated carbocycles. The molecule has 7 nitrogen and oxygen atoms in total. The second kappa shape index (κ2) is 9.06. The monoisotopic (exact) mass is 471 g/mol. The number of nitrogens with one attached hydrogen (secondary N) is 1. The fraction of sp³-hybridized carbons (Fsp3) is 0.148. The summed E-state index contributed by atoms with van der Waals surface area (Å²) in [5.74, 6) is -1.84. The van der Waals surface area contributed by atoms with Crippen molar-refractivity contribution in [1.82, 2.24) is 9.97 Å². The van der Waals surface area contributed by atoms with Crippen molar-refractivity contribution in [2.24, 2.45) is 0 Å². The first-order chi connectivity index (χ1) is 17.0. The SMILES string of the molecule is CCCOc1cccc(/C(O)=C2\C(=O)C(=O)N(c3nc4ccccc4[nH]3)C2c2ccc(F)cc2)c1. The summed E-state index contributed by atoms with van der Waals surface area (Å²) in [7, 11) is 0. The predicted octanol–water partition coefficient (Wildman–Crippen LogP) is 5.12. The number of aromatic amines is 1. The van der Waals surface area contributed by atoms with E-state index in [2.05, 4.69) is 9.97 Å². The van der Waals surface area contributed by atoms with Gasteiger partial charge in [0.25, 0.3) is 5.78 Å². The van der Waals surface area contributed by atoms with Gasteiger partial charge in [-0.05, 0) is 48.4 Å². The smallest absolute Gasteiger partial charge is 0.302 e. The molecule has 1 aromatic heterocycles. The van der Waals surface area contributed by atoms with Crippen LogP contribution in [0.3, 0.4) is 0 Å². The largest absolute Gasteiger partial charge is 0.507 e. The number of anilines is 1. The molecule has 1 atom stereocenters. The van der Waals surface area contributed by atoms with Gasteiger partial charge in [0.15, 0.2) is 0 Å². The Morgan fingerprint density at radius 2 is 1.86 bits per heavy atom. The molecule has 3 aromatic carbocycles. The van der Waals surface area contributed by atoms with Crippen LogP contribution in [0.5, 0.6) is 5.75 Å². The van der Waals surface area contributed by atoms with E-state index in [0.717, 1.165) is 6.42 Å². The summed E-state index contributed by atoms with van der Waals surface area (Å²) in [6.45, 7) is 2.47. The van der Waals surface area contributed by atoms with E-state index >= 15 is 0 Å². The number of hydrogen-bond donors (Lipinski definition) is 2. The van der Waals surface area contributed by atoms with Crippen molar-refractivity contribution in [3.05, 3.63) is 95.3 Å². The number of carbonyl (C=O) groups is 2. The van der Waals surface area contributed by atoms with E-state index in [1.807, 2.05) is 19.1 Å². The van der Waals surface area contributed by atoms with Crippen molar-refractivity contribution in [1.29, 1.82) is 0 Å². The number of hydrogen-bond acceptors (Lipinski definition) is 5. The molecule has 2 N–H and O–H groups in total. The number of aliphatic hydroxyl groups excluding tert-OH is 1. The number of aromatic nitrogens is 2. The number of fused-ring (bicyclic) bond motifs is 1.